The lowest BCUT2D eigenvalue weighted by Gasteiger charge is -2.35. The zero-order valence-electron chi connectivity index (χ0n) is 9.26. The topological polar surface area (TPSA) is 72.4 Å². The highest BCUT2D eigenvalue weighted by Crippen LogP contribution is 2.21. The summed E-state index contributed by atoms with van der Waals surface area (Å²) in [5.41, 5.74) is 5.96. The van der Waals surface area contributed by atoms with Crippen LogP contribution in [0.4, 0.5) is 0 Å². The highest BCUT2D eigenvalue weighted by Gasteiger charge is 2.27. The minimum absolute atomic E-state index is 0.0353. The van der Waals surface area contributed by atoms with Crippen molar-refractivity contribution in [2.75, 3.05) is 13.1 Å². The van der Waals surface area contributed by atoms with Crippen molar-refractivity contribution in [1.29, 1.82) is 0 Å². The van der Waals surface area contributed by atoms with Gasteiger partial charge in [0.2, 0.25) is 0 Å². The average Bonchev–Trinajstić information content (AvgIpc) is 2.83. The summed E-state index contributed by atoms with van der Waals surface area (Å²) in [6.07, 6.45) is 5.57. The van der Waals surface area contributed by atoms with E-state index in [1.54, 1.807) is 6.07 Å². The molecule has 1 aliphatic rings. The van der Waals surface area contributed by atoms with Crippen LogP contribution in [-0.2, 0) is 0 Å². The zero-order chi connectivity index (χ0) is 11.4. The van der Waals surface area contributed by atoms with Gasteiger partial charge in [0.1, 0.15) is 6.26 Å². The number of carbonyl (C=O) groups excluding carboxylic acids is 1. The number of aromatic nitrogens is 1. The third-order valence-corrected chi connectivity index (χ3v) is 3.04. The summed E-state index contributed by atoms with van der Waals surface area (Å²) in [4.78, 5) is 14.0. The van der Waals surface area contributed by atoms with Gasteiger partial charge in [-0.05, 0) is 32.2 Å². The van der Waals surface area contributed by atoms with Crippen LogP contribution in [0.1, 0.15) is 36.2 Å². The molecule has 1 unspecified atom stereocenters. The Kier molecular flexibility index (Phi) is 3.56. The smallest absolute Gasteiger partial charge is 0.276 e. The van der Waals surface area contributed by atoms with E-state index in [0.29, 0.717) is 12.2 Å². The molecule has 5 heteroatoms. The van der Waals surface area contributed by atoms with E-state index in [1.165, 1.54) is 12.7 Å². The third kappa shape index (κ3) is 2.24. The molecule has 1 aliphatic heterocycles. The summed E-state index contributed by atoms with van der Waals surface area (Å²) >= 11 is 0. The van der Waals surface area contributed by atoms with E-state index >= 15 is 0 Å². The van der Waals surface area contributed by atoms with E-state index in [9.17, 15) is 4.79 Å². The summed E-state index contributed by atoms with van der Waals surface area (Å²) in [5.74, 6) is -0.0353. The van der Waals surface area contributed by atoms with Gasteiger partial charge in [0.25, 0.3) is 5.91 Å². The SMILES string of the molecule is NCCC1CCCCN1C(=O)c1ccon1. The van der Waals surface area contributed by atoms with Gasteiger partial charge < -0.3 is 15.2 Å². The van der Waals surface area contributed by atoms with Gasteiger partial charge in [0.05, 0.1) is 0 Å². The summed E-state index contributed by atoms with van der Waals surface area (Å²) in [6, 6.07) is 1.87. The lowest BCUT2D eigenvalue weighted by Crippen LogP contribution is -2.44. The largest absolute Gasteiger partial charge is 0.364 e. The van der Waals surface area contributed by atoms with Gasteiger partial charge in [0, 0.05) is 18.7 Å². The molecule has 1 aromatic rings. The van der Waals surface area contributed by atoms with Gasteiger partial charge in [0.15, 0.2) is 5.69 Å². The molecule has 0 bridgehead atoms. The molecule has 2 rings (SSSR count). The number of carbonyl (C=O) groups is 1. The Labute approximate surface area is 94.6 Å². The van der Waals surface area contributed by atoms with E-state index in [0.717, 1.165) is 25.8 Å². The van der Waals surface area contributed by atoms with Crippen LogP contribution in [0.5, 0.6) is 0 Å². The second kappa shape index (κ2) is 5.12. The van der Waals surface area contributed by atoms with E-state index in [4.69, 9.17) is 10.3 Å². The first-order valence-electron chi connectivity index (χ1n) is 5.74. The zero-order valence-corrected chi connectivity index (χ0v) is 9.26. The first-order valence-corrected chi connectivity index (χ1v) is 5.74. The summed E-state index contributed by atoms with van der Waals surface area (Å²) in [7, 11) is 0. The number of amides is 1. The first kappa shape index (κ1) is 11.1. The Balaban J connectivity index is 2.08. The molecule has 2 N–H and O–H groups in total. The van der Waals surface area contributed by atoms with Crippen molar-refractivity contribution in [2.45, 2.75) is 31.7 Å². The summed E-state index contributed by atoms with van der Waals surface area (Å²) in [5, 5.41) is 3.69. The number of likely N-dealkylation sites (tertiary alicyclic amines) is 1. The quantitative estimate of drug-likeness (QED) is 0.830. The van der Waals surface area contributed by atoms with Crippen LogP contribution < -0.4 is 5.73 Å². The minimum atomic E-state index is -0.0353. The van der Waals surface area contributed by atoms with E-state index in [-0.39, 0.29) is 11.9 Å². The second-order valence-corrected chi connectivity index (χ2v) is 4.11. The van der Waals surface area contributed by atoms with Crippen LogP contribution in [0.3, 0.4) is 0 Å². The maximum absolute atomic E-state index is 12.1. The highest BCUT2D eigenvalue weighted by molar-refractivity contribution is 5.92. The van der Waals surface area contributed by atoms with Crippen molar-refractivity contribution in [3.05, 3.63) is 18.0 Å². The lowest BCUT2D eigenvalue weighted by atomic mass is 9.99. The molecule has 16 heavy (non-hydrogen) atoms. The van der Waals surface area contributed by atoms with Gasteiger partial charge in [-0.2, -0.15) is 0 Å². The molecule has 0 saturated carbocycles. The van der Waals surface area contributed by atoms with Crippen molar-refractivity contribution in [2.24, 2.45) is 5.73 Å². The lowest BCUT2D eigenvalue weighted by molar-refractivity contribution is 0.0594. The van der Waals surface area contributed by atoms with Crippen molar-refractivity contribution in [3.8, 4) is 0 Å². The summed E-state index contributed by atoms with van der Waals surface area (Å²) < 4.78 is 4.70. The molecule has 1 aromatic heterocycles. The van der Waals surface area contributed by atoms with Gasteiger partial charge in [-0.15, -0.1) is 0 Å². The second-order valence-electron chi connectivity index (χ2n) is 4.11. The fourth-order valence-corrected chi connectivity index (χ4v) is 2.23. The normalized spacial score (nSPS) is 21.1. The molecular formula is C11H17N3O2. The number of nitrogens with zero attached hydrogens (tertiary/aromatic N) is 2. The Morgan fingerprint density at radius 1 is 1.62 bits per heavy atom. The summed E-state index contributed by atoms with van der Waals surface area (Å²) in [6.45, 7) is 1.42. The standard InChI is InChI=1S/C11H17N3O2/c12-6-4-9-3-1-2-7-14(9)11(15)10-5-8-16-13-10/h5,8-9H,1-4,6-7,12H2. The van der Waals surface area contributed by atoms with E-state index in [1.807, 2.05) is 4.90 Å². The van der Waals surface area contributed by atoms with Crippen molar-refractivity contribution in [1.82, 2.24) is 10.1 Å². The Bertz CT molecular complexity index is 335. The average molecular weight is 223 g/mol. The Hall–Kier alpha value is -1.36. The molecule has 2 heterocycles. The third-order valence-electron chi connectivity index (χ3n) is 3.04. The number of nitrogens with two attached hydrogens (primary N) is 1. The van der Waals surface area contributed by atoms with Crippen molar-refractivity contribution >= 4 is 5.91 Å². The number of rotatable bonds is 3. The molecule has 5 nitrogen and oxygen atoms in total. The van der Waals surface area contributed by atoms with Crippen LogP contribution in [0.2, 0.25) is 0 Å². The number of hydrogen-bond acceptors (Lipinski definition) is 4. The molecule has 0 spiro atoms. The molecule has 1 saturated heterocycles. The maximum Gasteiger partial charge on any atom is 0.276 e. The fraction of sp³-hybridized carbons (Fsp3) is 0.636. The molecule has 1 atom stereocenters. The molecule has 1 fully saturated rings. The number of piperidine rings is 1. The molecule has 0 aromatic carbocycles. The van der Waals surface area contributed by atoms with Gasteiger partial charge in [-0.3, -0.25) is 4.79 Å². The fourth-order valence-electron chi connectivity index (χ4n) is 2.23. The van der Waals surface area contributed by atoms with Crippen LogP contribution >= 0.6 is 0 Å². The van der Waals surface area contributed by atoms with Crippen LogP contribution in [0.25, 0.3) is 0 Å². The predicted octanol–water partition coefficient (Wildman–Crippen LogP) is 1.02. The predicted molar refractivity (Wildman–Crippen MR) is 58.8 cm³/mol. The Morgan fingerprint density at radius 3 is 3.19 bits per heavy atom. The van der Waals surface area contributed by atoms with Gasteiger partial charge in [-0.25, -0.2) is 0 Å². The van der Waals surface area contributed by atoms with Gasteiger partial charge >= 0.3 is 0 Å². The van der Waals surface area contributed by atoms with Crippen LogP contribution in [0, 0.1) is 0 Å². The minimum Gasteiger partial charge on any atom is -0.364 e. The van der Waals surface area contributed by atoms with Crippen molar-refractivity contribution < 1.29 is 9.32 Å². The van der Waals surface area contributed by atoms with Gasteiger partial charge in [-0.1, -0.05) is 5.16 Å². The first-order chi connectivity index (χ1) is 7.83. The maximum atomic E-state index is 12.1. The van der Waals surface area contributed by atoms with E-state index in [2.05, 4.69) is 5.16 Å². The molecule has 0 radical (unpaired) electrons. The molecule has 88 valence electrons. The van der Waals surface area contributed by atoms with Crippen molar-refractivity contribution in [3.63, 3.8) is 0 Å². The molecular weight excluding hydrogens is 206 g/mol. The highest BCUT2D eigenvalue weighted by atomic mass is 16.5. The number of hydrogen-bond donors (Lipinski definition) is 1. The van der Waals surface area contributed by atoms with Crippen LogP contribution in [-0.4, -0.2) is 35.1 Å². The van der Waals surface area contributed by atoms with Crippen LogP contribution in [0.15, 0.2) is 16.9 Å². The van der Waals surface area contributed by atoms with E-state index < -0.39 is 0 Å². The molecule has 0 aliphatic carbocycles. The monoisotopic (exact) mass is 223 g/mol. The Morgan fingerprint density at radius 2 is 2.50 bits per heavy atom. The molecule has 1 amide bonds.